The first-order valence-corrected chi connectivity index (χ1v) is 9.73. The van der Waals surface area contributed by atoms with Crippen LogP contribution in [-0.4, -0.2) is 32.9 Å². The van der Waals surface area contributed by atoms with Crippen LogP contribution in [0.3, 0.4) is 0 Å². The SMILES string of the molecule is CCS(=O)(=O)C(CCc1ccccc1)S(=O)(=O)CC. The van der Waals surface area contributed by atoms with Crippen molar-refractivity contribution in [2.45, 2.75) is 31.3 Å². The molecule has 1 aromatic carbocycles. The third kappa shape index (κ3) is 4.31. The first kappa shape index (κ1) is 16.2. The summed E-state index contributed by atoms with van der Waals surface area (Å²) in [4.78, 5) is 0. The first-order chi connectivity index (χ1) is 8.83. The lowest BCUT2D eigenvalue weighted by atomic mass is 10.1. The van der Waals surface area contributed by atoms with Gasteiger partial charge >= 0.3 is 0 Å². The van der Waals surface area contributed by atoms with Crippen molar-refractivity contribution in [2.24, 2.45) is 0 Å². The molecular weight excluding hydrogens is 284 g/mol. The van der Waals surface area contributed by atoms with Crippen molar-refractivity contribution in [3.8, 4) is 0 Å². The second-order valence-electron chi connectivity index (χ2n) is 4.36. The Morgan fingerprint density at radius 2 is 1.37 bits per heavy atom. The van der Waals surface area contributed by atoms with E-state index in [9.17, 15) is 16.8 Å². The molecule has 0 aromatic heterocycles. The topological polar surface area (TPSA) is 68.3 Å². The average molecular weight is 304 g/mol. The second kappa shape index (κ2) is 6.52. The molecule has 19 heavy (non-hydrogen) atoms. The molecular formula is C13H20O4S2. The van der Waals surface area contributed by atoms with Gasteiger partial charge in [-0.1, -0.05) is 44.2 Å². The van der Waals surface area contributed by atoms with Crippen LogP contribution in [0.25, 0.3) is 0 Å². The highest BCUT2D eigenvalue weighted by Gasteiger charge is 2.34. The molecule has 0 aliphatic rings. The van der Waals surface area contributed by atoms with Crippen molar-refractivity contribution in [1.82, 2.24) is 0 Å². The minimum Gasteiger partial charge on any atom is -0.228 e. The van der Waals surface area contributed by atoms with Crippen molar-refractivity contribution in [2.75, 3.05) is 11.5 Å². The molecule has 0 fully saturated rings. The summed E-state index contributed by atoms with van der Waals surface area (Å²) in [6.45, 7) is 2.96. The standard InChI is InChI=1S/C13H20O4S2/c1-3-18(14,15)13(19(16,17)4-2)11-10-12-8-6-5-7-9-12/h5-9,13H,3-4,10-11H2,1-2H3. The summed E-state index contributed by atoms with van der Waals surface area (Å²) in [6, 6.07) is 9.31. The zero-order chi connectivity index (χ0) is 14.5. The van der Waals surface area contributed by atoms with Gasteiger partial charge in [0.25, 0.3) is 0 Å². The molecule has 0 aliphatic heterocycles. The van der Waals surface area contributed by atoms with Crippen LogP contribution in [0.15, 0.2) is 30.3 Å². The van der Waals surface area contributed by atoms with Crippen molar-refractivity contribution in [3.63, 3.8) is 0 Å². The van der Waals surface area contributed by atoms with Crippen molar-refractivity contribution in [1.29, 1.82) is 0 Å². The lowest BCUT2D eigenvalue weighted by Gasteiger charge is -2.16. The van der Waals surface area contributed by atoms with Crippen molar-refractivity contribution >= 4 is 19.7 Å². The van der Waals surface area contributed by atoms with Crippen LogP contribution in [-0.2, 0) is 26.1 Å². The molecule has 0 amide bonds. The normalized spacial score (nSPS) is 12.8. The molecule has 0 unspecified atom stereocenters. The number of hydrogen-bond donors (Lipinski definition) is 0. The van der Waals surface area contributed by atoms with Crippen LogP contribution in [0.5, 0.6) is 0 Å². The van der Waals surface area contributed by atoms with E-state index >= 15 is 0 Å². The van der Waals surface area contributed by atoms with Gasteiger partial charge in [0.05, 0.1) is 0 Å². The number of rotatable bonds is 7. The molecule has 6 heteroatoms. The van der Waals surface area contributed by atoms with Crippen LogP contribution >= 0.6 is 0 Å². The molecule has 108 valence electrons. The van der Waals surface area contributed by atoms with E-state index in [4.69, 9.17) is 0 Å². The fourth-order valence-corrected chi connectivity index (χ4v) is 6.18. The molecule has 4 nitrogen and oxygen atoms in total. The van der Waals surface area contributed by atoms with Crippen LogP contribution in [0, 0.1) is 0 Å². The average Bonchev–Trinajstić information content (AvgIpc) is 2.39. The minimum absolute atomic E-state index is 0.121. The van der Waals surface area contributed by atoms with Gasteiger partial charge in [0.15, 0.2) is 24.3 Å². The van der Waals surface area contributed by atoms with Gasteiger partial charge in [0, 0.05) is 11.5 Å². The minimum atomic E-state index is -3.59. The Balaban J connectivity index is 2.95. The van der Waals surface area contributed by atoms with Gasteiger partial charge in [-0.15, -0.1) is 0 Å². The van der Waals surface area contributed by atoms with Gasteiger partial charge < -0.3 is 0 Å². The molecule has 0 atom stereocenters. The Bertz CT molecular complexity index is 555. The highest BCUT2D eigenvalue weighted by molar-refractivity contribution is 8.09. The summed E-state index contributed by atoms with van der Waals surface area (Å²) >= 11 is 0. The second-order valence-corrected chi connectivity index (χ2v) is 9.60. The van der Waals surface area contributed by atoms with Crippen LogP contribution < -0.4 is 0 Å². The fraction of sp³-hybridized carbons (Fsp3) is 0.538. The summed E-state index contributed by atoms with van der Waals surface area (Å²) in [5.74, 6) is -0.294. The maximum atomic E-state index is 11.9. The third-order valence-electron chi connectivity index (χ3n) is 3.12. The zero-order valence-corrected chi connectivity index (χ0v) is 12.9. The molecule has 1 aromatic rings. The summed E-state index contributed by atoms with van der Waals surface area (Å²) in [5, 5.41) is 0. The van der Waals surface area contributed by atoms with Crippen LogP contribution in [0.1, 0.15) is 25.8 Å². The van der Waals surface area contributed by atoms with E-state index < -0.39 is 24.3 Å². The van der Waals surface area contributed by atoms with Crippen molar-refractivity contribution < 1.29 is 16.8 Å². The number of benzene rings is 1. The molecule has 0 bridgehead atoms. The van der Waals surface area contributed by atoms with E-state index in [1.54, 1.807) is 0 Å². The van der Waals surface area contributed by atoms with E-state index in [0.29, 0.717) is 6.42 Å². The van der Waals surface area contributed by atoms with Crippen LogP contribution in [0.2, 0.25) is 0 Å². The Morgan fingerprint density at radius 1 is 0.895 bits per heavy atom. The molecule has 0 aliphatic carbocycles. The Kier molecular flexibility index (Phi) is 5.55. The molecule has 1 rings (SSSR count). The van der Waals surface area contributed by atoms with Gasteiger partial charge in [-0.3, -0.25) is 0 Å². The highest BCUT2D eigenvalue weighted by atomic mass is 32.3. The Labute approximate surface area is 115 Å². The molecule has 0 N–H and O–H groups in total. The molecule has 0 saturated heterocycles. The first-order valence-electron chi connectivity index (χ1n) is 6.30. The smallest absolute Gasteiger partial charge is 0.167 e. The van der Waals surface area contributed by atoms with Gasteiger partial charge in [-0.2, -0.15) is 0 Å². The largest absolute Gasteiger partial charge is 0.228 e. The van der Waals surface area contributed by atoms with Gasteiger partial charge in [0.2, 0.25) is 0 Å². The maximum absolute atomic E-state index is 11.9. The van der Waals surface area contributed by atoms with E-state index in [2.05, 4.69) is 0 Å². The quantitative estimate of drug-likeness (QED) is 0.770. The van der Waals surface area contributed by atoms with Gasteiger partial charge in [-0.05, 0) is 18.4 Å². The Morgan fingerprint density at radius 3 is 1.79 bits per heavy atom. The van der Waals surface area contributed by atoms with Gasteiger partial charge in [-0.25, -0.2) is 16.8 Å². The highest BCUT2D eigenvalue weighted by Crippen LogP contribution is 2.18. The maximum Gasteiger partial charge on any atom is 0.167 e. The molecule has 0 saturated carbocycles. The summed E-state index contributed by atoms with van der Waals surface area (Å²) in [5.41, 5.74) is 0.949. The predicted octanol–water partition coefficient (Wildman–Crippen LogP) is 1.81. The summed E-state index contributed by atoms with van der Waals surface area (Å²) in [6.07, 6.45) is 0.570. The molecule has 0 radical (unpaired) electrons. The number of aryl methyl sites for hydroxylation is 1. The van der Waals surface area contributed by atoms with Gasteiger partial charge in [0.1, 0.15) is 0 Å². The molecule has 0 spiro atoms. The van der Waals surface area contributed by atoms with Crippen molar-refractivity contribution in [3.05, 3.63) is 35.9 Å². The monoisotopic (exact) mass is 304 g/mol. The summed E-state index contributed by atoms with van der Waals surface area (Å²) in [7, 11) is -7.18. The predicted molar refractivity (Wildman–Crippen MR) is 77.5 cm³/mol. The lowest BCUT2D eigenvalue weighted by Crippen LogP contribution is -2.33. The third-order valence-corrected chi connectivity index (χ3v) is 8.56. The zero-order valence-electron chi connectivity index (χ0n) is 11.2. The van der Waals surface area contributed by atoms with E-state index in [1.165, 1.54) is 13.8 Å². The lowest BCUT2D eigenvalue weighted by molar-refractivity contribution is 0.570. The van der Waals surface area contributed by atoms with E-state index in [0.717, 1.165) is 5.56 Å². The van der Waals surface area contributed by atoms with Crippen LogP contribution in [0.4, 0.5) is 0 Å². The Hall–Kier alpha value is -0.880. The molecule has 0 heterocycles. The van der Waals surface area contributed by atoms with E-state index in [-0.39, 0.29) is 17.9 Å². The van der Waals surface area contributed by atoms with E-state index in [1.807, 2.05) is 30.3 Å². The number of hydrogen-bond acceptors (Lipinski definition) is 4. The number of sulfone groups is 2. The summed E-state index contributed by atoms with van der Waals surface area (Å²) < 4.78 is 46.5. The fourth-order valence-electron chi connectivity index (χ4n) is 1.88.